The van der Waals surface area contributed by atoms with Gasteiger partial charge in [0.15, 0.2) is 0 Å². The van der Waals surface area contributed by atoms with Crippen LogP contribution in [0.4, 0.5) is 5.69 Å². The molecule has 0 spiro atoms. The van der Waals surface area contributed by atoms with Gasteiger partial charge in [0.25, 0.3) is 0 Å². The van der Waals surface area contributed by atoms with Crippen molar-refractivity contribution in [3.8, 4) is 0 Å². The summed E-state index contributed by atoms with van der Waals surface area (Å²) in [6, 6.07) is 6.87. The molecule has 1 aliphatic heterocycles. The van der Waals surface area contributed by atoms with Crippen molar-refractivity contribution in [2.24, 2.45) is 5.10 Å². The van der Waals surface area contributed by atoms with Crippen LogP contribution in [0.2, 0.25) is 0 Å². The second-order valence-corrected chi connectivity index (χ2v) is 5.93. The number of fused-ring (bicyclic) bond motifs is 1. The van der Waals surface area contributed by atoms with E-state index in [1.807, 2.05) is 0 Å². The molecular weight excluding hydrogens is 208 g/mol. The molecule has 0 aromatic heterocycles. The molecule has 1 aromatic carbocycles. The van der Waals surface area contributed by atoms with Gasteiger partial charge in [0.1, 0.15) is 0 Å². The van der Waals surface area contributed by atoms with E-state index in [0.29, 0.717) is 5.41 Å². The van der Waals surface area contributed by atoms with Crippen LogP contribution in [0, 0.1) is 0 Å². The lowest BCUT2D eigenvalue weighted by Gasteiger charge is -2.21. The van der Waals surface area contributed by atoms with Crippen molar-refractivity contribution in [3.63, 3.8) is 0 Å². The first-order valence-electron chi connectivity index (χ1n) is 6.51. The first kappa shape index (κ1) is 10.8. The third kappa shape index (κ3) is 1.76. The monoisotopic (exact) mass is 228 g/mol. The number of aryl methyl sites for hydroxylation is 1. The molecule has 0 amide bonds. The van der Waals surface area contributed by atoms with Gasteiger partial charge in [0.05, 0.1) is 5.69 Å². The largest absolute Gasteiger partial charge is 0.265 e. The molecule has 0 saturated carbocycles. The fourth-order valence-corrected chi connectivity index (χ4v) is 2.92. The maximum Gasteiger partial charge on any atom is 0.0597 e. The number of benzene rings is 1. The standard InChI is InChI=1S/C15H20N2/c1-11-7-9-17(16-11)13-5-4-12-6-8-15(2,3)14(12)10-13/h4-5,10H,6-9H2,1-3H3. The minimum absolute atomic E-state index is 0.337. The first-order valence-corrected chi connectivity index (χ1v) is 6.51. The maximum absolute atomic E-state index is 4.58. The Morgan fingerprint density at radius 3 is 2.76 bits per heavy atom. The summed E-state index contributed by atoms with van der Waals surface area (Å²) < 4.78 is 0. The van der Waals surface area contributed by atoms with Crippen LogP contribution in [0.15, 0.2) is 23.3 Å². The number of hydrogen-bond acceptors (Lipinski definition) is 2. The van der Waals surface area contributed by atoms with Gasteiger partial charge < -0.3 is 0 Å². The molecule has 2 aliphatic rings. The van der Waals surface area contributed by atoms with Crippen LogP contribution < -0.4 is 5.01 Å². The van der Waals surface area contributed by atoms with E-state index in [1.54, 1.807) is 0 Å². The van der Waals surface area contributed by atoms with Crippen molar-refractivity contribution >= 4 is 11.4 Å². The summed E-state index contributed by atoms with van der Waals surface area (Å²) in [4.78, 5) is 0. The Kier molecular flexibility index (Phi) is 2.29. The molecule has 0 N–H and O–H groups in total. The summed E-state index contributed by atoms with van der Waals surface area (Å²) in [7, 11) is 0. The topological polar surface area (TPSA) is 15.6 Å². The second kappa shape index (κ2) is 3.59. The highest BCUT2D eigenvalue weighted by Crippen LogP contribution is 2.40. The summed E-state index contributed by atoms with van der Waals surface area (Å²) in [5, 5.41) is 6.72. The zero-order valence-electron chi connectivity index (χ0n) is 11.0. The van der Waals surface area contributed by atoms with E-state index in [4.69, 9.17) is 0 Å². The van der Waals surface area contributed by atoms with Gasteiger partial charge in [-0.3, -0.25) is 5.01 Å². The van der Waals surface area contributed by atoms with Crippen molar-refractivity contribution in [1.82, 2.24) is 0 Å². The summed E-state index contributed by atoms with van der Waals surface area (Å²) in [6.45, 7) is 7.84. The molecule has 0 unspecified atom stereocenters. The molecule has 1 aromatic rings. The fraction of sp³-hybridized carbons (Fsp3) is 0.533. The van der Waals surface area contributed by atoms with E-state index in [-0.39, 0.29) is 0 Å². The smallest absolute Gasteiger partial charge is 0.0597 e. The Balaban J connectivity index is 1.99. The molecule has 0 bridgehead atoms. The SMILES string of the molecule is CC1=NN(c2ccc3c(c2)C(C)(C)CC3)CC1. The van der Waals surface area contributed by atoms with E-state index in [9.17, 15) is 0 Å². The highest BCUT2D eigenvalue weighted by molar-refractivity contribution is 5.85. The maximum atomic E-state index is 4.58. The van der Waals surface area contributed by atoms with Crippen molar-refractivity contribution in [2.75, 3.05) is 11.6 Å². The Labute approximate surface area is 103 Å². The zero-order valence-corrected chi connectivity index (χ0v) is 11.0. The quantitative estimate of drug-likeness (QED) is 0.718. The van der Waals surface area contributed by atoms with Gasteiger partial charge in [0.2, 0.25) is 0 Å². The third-order valence-electron chi connectivity index (χ3n) is 4.12. The van der Waals surface area contributed by atoms with E-state index in [1.165, 1.54) is 35.4 Å². The number of hydrogen-bond donors (Lipinski definition) is 0. The predicted octanol–water partition coefficient (Wildman–Crippen LogP) is 3.50. The molecule has 90 valence electrons. The molecule has 2 heteroatoms. The van der Waals surface area contributed by atoms with Crippen molar-refractivity contribution in [2.45, 2.75) is 45.4 Å². The molecule has 0 radical (unpaired) electrons. The molecular formula is C15H20N2. The Bertz CT molecular complexity index is 486. The molecule has 1 heterocycles. The van der Waals surface area contributed by atoms with Crippen molar-refractivity contribution < 1.29 is 0 Å². The van der Waals surface area contributed by atoms with Gasteiger partial charge in [0, 0.05) is 18.7 Å². The minimum atomic E-state index is 0.337. The van der Waals surface area contributed by atoms with E-state index in [2.05, 4.69) is 49.1 Å². The predicted molar refractivity (Wildman–Crippen MR) is 72.9 cm³/mol. The summed E-state index contributed by atoms with van der Waals surface area (Å²) in [6.07, 6.45) is 3.60. The average Bonchev–Trinajstić information content (AvgIpc) is 2.84. The number of rotatable bonds is 1. The lowest BCUT2D eigenvalue weighted by Crippen LogP contribution is -2.15. The average molecular weight is 228 g/mol. The molecule has 1 aliphatic carbocycles. The van der Waals surface area contributed by atoms with E-state index < -0.39 is 0 Å². The van der Waals surface area contributed by atoms with Crippen LogP contribution in [-0.2, 0) is 11.8 Å². The molecule has 2 nitrogen and oxygen atoms in total. The third-order valence-corrected chi connectivity index (χ3v) is 4.12. The van der Waals surface area contributed by atoms with Gasteiger partial charge in [-0.1, -0.05) is 19.9 Å². The Morgan fingerprint density at radius 1 is 1.24 bits per heavy atom. The molecule has 0 fully saturated rings. The Morgan fingerprint density at radius 2 is 2.06 bits per heavy atom. The molecule has 17 heavy (non-hydrogen) atoms. The van der Waals surface area contributed by atoms with E-state index in [0.717, 1.165) is 13.0 Å². The van der Waals surface area contributed by atoms with Crippen molar-refractivity contribution in [3.05, 3.63) is 29.3 Å². The zero-order chi connectivity index (χ0) is 12.0. The molecule has 0 atom stereocenters. The van der Waals surface area contributed by atoms with Gasteiger partial charge in [-0.25, -0.2) is 0 Å². The van der Waals surface area contributed by atoms with Crippen LogP contribution in [0.3, 0.4) is 0 Å². The van der Waals surface area contributed by atoms with Gasteiger partial charge in [-0.15, -0.1) is 0 Å². The highest BCUT2D eigenvalue weighted by Gasteiger charge is 2.30. The lowest BCUT2D eigenvalue weighted by atomic mass is 9.86. The molecule has 3 rings (SSSR count). The second-order valence-electron chi connectivity index (χ2n) is 5.93. The lowest BCUT2D eigenvalue weighted by molar-refractivity contribution is 0.522. The van der Waals surface area contributed by atoms with Gasteiger partial charge >= 0.3 is 0 Å². The normalized spacial score (nSPS) is 21.6. The van der Waals surface area contributed by atoms with Crippen LogP contribution >= 0.6 is 0 Å². The first-order chi connectivity index (χ1) is 8.06. The van der Waals surface area contributed by atoms with Crippen LogP contribution in [-0.4, -0.2) is 12.3 Å². The van der Waals surface area contributed by atoms with Gasteiger partial charge in [-0.2, -0.15) is 5.10 Å². The minimum Gasteiger partial charge on any atom is -0.265 e. The number of nitrogens with zero attached hydrogens (tertiary/aromatic N) is 2. The van der Waals surface area contributed by atoms with Crippen LogP contribution in [0.1, 0.15) is 44.7 Å². The highest BCUT2D eigenvalue weighted by atomic mass is 15.5. The summed E-state index contributed by atoms with van der Waals surface area (Å²) in [5.41, 5.74) is 5.89. The van der Waals surface area contributed by atoms with Gasteiger partial charge in [-0.05, 0) is 48.4 Å². The Hall–Kier alpha value is -1.31. The molecule has 0 saturated heterocycles. The number of anilines is 1. The van der Waals surface area contributed by atoms with Crippen molar-refractivity contribution in [1.29, 1.82) is 0 Å². The fourth-order valence-electron chi connectivity index (χ4n) is 2.92. The number of hydrazone groups is 1. The van der Waals surface area contributed by atoms with Crippen LogP contribution in [0.5, 0.6) is 0 Å². The summed E-state index contributed by atoms with van der Waals surface area (Å²) in [5.74, 6) is 0. The van der Waals surface area contributed by atoms with E-state index >= 15 is 0 Å². The van der Waals surface area contributed by atoms with Crippen LogP contribution in [0.25, 0.3) is 0 Å². The summed E-state index contributed by atoms with van der Waals surface area (Å²) >= 11 is 0.